The molecule has 0 unspecified atom stereocenters. The van der Waals surface area contributed by atoms with Gasteiger partial charge in [-0.15, -0.1) is 0 Å². The molecule has 0 atom stereocenters. The van der Waals surface area contributed by atoms with Crippen molar-refractivity contribution in [3.8, 4) is 5.75 Å². The zero-order valence-electron chi connectivity index (χ0n) is 17.5. The maximum absolute atomic E-state index is 12.8. The van der Waals surface area contributed by atoms with E-state index in [1.165, 1.54) is 28.9 Å². The maximum atomic E-state index is 12.8. The van der Waals surface area contributed by atoms with E-state index in [9.17, 15) is 18.4 Å². The zero-order valence-corrected chi connectivity index (χ0v) is 17.5. The highest BCUT2D eigenvalue weighted by atomic mass is 19.3. The van der Waals surface area contributed by atoms with Crippen molar-refractivity contribution in [2.75, 3.05) is 0 Å². The second-order valence-electron chi connectivity index (χ2n) is 8.12. The minimum Gasteiger partial charge on any atom is -0.435 e. The predicted octanol–water partition coefficient (Wildman–Crippen LogP) is 3.63. The topological polar surface area (TPSA) is 101 Å². The quantitative estimate of drug-likeness (QED) is 0.481. The number of rotatable bonds is 5. The molecule has 8 nitrogen and oxygen atoms in total. The van der Waals surface area contributed by atoms with Crippen LogP contribution in [-0.4, -0.2) is 38.1 Å². The van der Waals surface area contributed by atoms with Gasteiger partial charge in [-0.1, -0.05) is 18.2 Å². The Hall–Kier alpha value is -3.82. The monoisotopic (exact) mass is 453 g/mol. The number of alkyl halides is 2. The minimum absolute atomic E-state index is 0.00485. The SMILES string of the molecule is O=C(N[C@H]1CC[C@H](c2n[nH]c(=O)c3ccccc32)CC1)c1cnc2cc(OC(F)F)ccn12. The molecular weight excluding hydrogens is 432 g/mol. The maximum Gasteiger partial charge on any atom is 0.387 e. The Morgan fingerprint density at radius 2 is 1.91 bits per heavy atom. The summed E-state index contributed by atoms with van der Waals surface area (Å²) in [5.41, 5.74) is 1.36. The minimum atomic E-state index is -2.93. The summed E-state index contributed by atoms with van der Waals surface area (Å²) in [4.78, 5) is 29.0. The largest absolute Gasteiger partial charge is 0.435 e. The predicted molar refractivity (Wildman–Crippen MR) is 117 cm³/mol. The molecule has 0 bridgehead atoms. The lowest BCUT2D eigenvalue weighted by Gasteiger charge is -2.29. The first-order valence-corrected chi connectivity index (χ1v) is 10.7. The summed E-state index contributed by atoms with van der Waals surface area (Å²) in [7, 11) is 0. The number of ether oxygens (including phenoxy) is 1. The summed E-state index contributed by atoms with van der Waals surface area (Å²) in [6.07, 6.45) is 6.10. The Kier molecular flexibility index (Phi) is 5.49. The van der Waals surface area contributed by atoms with Crippen molar-refractivity contribution in [3.63, 3.8) is 0 Å². The molecule has 1 aliphatic rings. The number of benzene rings is 1. The van der Waals surface area contributed by atoms with Crippen LogP contribution in [0, 0.1) is 0 Å². The number of carbonyl (C=O) groups is 1. The molecule has 1 fully saturated rings. The van der Waals surface area contributed by atoms with Gasteiger partial charge in [0.1, 0.15) is 17.1 Å². The summed E-state index contributed by atoms with van der Waals surface area (Å²) in [6, 6.07) is 10.2. The summed E-state index contributed by atoms with van der Waals surface area (Å²) < 4.78 is 30.7. The van der Waals surface area contributed by atoms with E-state index in [4.69, 9.17) is 0 Å². The number of imidazole rings is 1. The van der Waals surface area contributed by atoms with Crippen LogP contribution in [-0.2, 0) is 0 Å². The van der Waals surface area contributed by atoms with Gasteiger partial charge in [-0.05, 0) is 37.8 Å². The van der Waals surface area contributed by atoms with E-state index in [-0.39, 0.29) is 29.2 Å². The van der Waals surface area contributed by atoms with E-state index < -0.39 is 6.61 Å². The van der Waals surface area contributed by atoms with Crippen molar-refractivity contribution in [3.05, 3.63) is 70.5 Å². The van der Waals surface area contributed by atoms with E-state index in [2.05, 4.69) is 25.2 Å². The fraction of sp³-hybridized carbons (Fsp3) is 0.304. The highest BCUT2D eigenvalue weighted by Gasteiger charge is 2.27. The van der Waals surface area contributed by atoms with Crippen LogP contribution in [0.25, 0.3) is 16.4 Å². The van der Waals surface area contributed by atoms with Crippen LogP contribution >= 0.6 is 0 Å². The van der Waals surface area contributed by atoms with Crippen molar-refractivity contribution >= 4 is 22.3 Å². The van der Waals surface area contributed by atoms with Crippen molar-refractivity contribution in [2.24, 2.45) is 0 Å². The summed E-state index contributed by atoms with van der Waals surface area (Å²) in [5.74, 6) is -0.0955. The van der Waals surface area contributed by atoms with Gasteiger partial charge in [0, 0.05) is 29.6 Å². The standard InChI is InChI=1S/C23H21F2N5O3/c24-23(25)33-15-9-10-30-18(12-26-19(30)11-15)22(32)27-14-7-5-13(6-8-14)20-16-3-1-2-4-17(16)21(31)29-28-20/h1-4,9-14,23H,5-8H2,(H,27,32)(H,29,31)/t13-,14-. The molecule has 1 amide bonds. The van der Waals surface area contributed by atoms with Crippen LogP contribution in [0.3, 0.4) is 0 Å². The first-order valence-electron chi connectivity index (χ1n) is 10.7. The van der Waals surface area contributed by atoms with Gasteiger partial charge >= 0.3 is 6.61 Å². The number of halogens is 2. The van der Waals surface area contributed by atoms with Gasteiger partial charge in [0.2, 0.25) is 0 Å². The number of aromatic amines is 1. The number of aromatic nitrogens is 4. The molecular formula is C23H21F2N5O3. The van der Waals surface area contributed by atoms with Crippen LogP contribution in [0.15, 0.2) is 53.6 Å². The number of fused-ring (bicyclic) bond motifs is 2. The van der Waals surface area contributed by atoms with E-state index in [0.717, 1.165) is 36.8 Å². The molecule has 2 N–H and O–H groups in total. The number of pyridine rings is 1. The molecule has 1 saturated carbocycles. The Balaban J connectivity index is 1.26. The molecule has 0 radical (unpaired) electrons. The van der Waals surface area contributed by atoms with Gasteiger partial charge in [-0.25, -0.2) is 10.1 Å². The van der Waals surface area contributed by atoms with Gasteiger partial charge in [-0.3, -0.25) is 14.0 Å². The average molecular weight is 453 g/mol. The van der Waals surface area contributed by atoms with E-state index in [0.29, 0.717) is 16.7 Å². The van der Waals surface area contributed by atoms with Gasteiger partial charge in [0.15, 0.2) is 0 Å². The van der Waals surface area contributed by atoms with E-state index in [1.54, 1.807) is 6.07 Å². The molecule has 170 valence electrons. The molecule has 4 aromatic rings. The van der Waals surface area contributed by atoms with Crippen LogP contribution < -0.4 is 15.6 Å². The van der Waals surface area contributed by atoms with Gasteiger partial charge in [-0.2, -0.15) is 13.9 Å². The first kappa shape index (κ1) is 21.0. The van der Waals surface area contributed by atoms with Gasteiger partial charge in [0.05, 0.1) is 17.3 Å². The molecule has 1 aromatic carbocycles. The molecule has 3 aromatic heterocycles. The van der Waals surface area contributed by atoms with Crippen LogP contribution in [0.4, 0.5) is 8.78 Å². The average Bonchev–Trinajstić information content (AvgIpc) is 3.23. The second-order valence-corrected chi connectivity index (χ2v) is 8.12. The molecule has 33 heavy (non-hydrogen) atoms. The lowest BCUT2D eigenvalue weighted by atomic mass is 9.82. The highest BCUT2D eigenvalue weighted by Crippen LogP contribution is 2.34. The molecule has 10 heteroatoms. The number of carbonyl (C=O) groups excluding carboxylic acids is 1. The number of nitrogens with one attached hydrogen (secondary N) is 2. The molecule has 3 heterocycles. The third-order valence-corrected chi connectivity index (χ3v) is 6.12. The number of amides is 1. The van der Waals surface area contributed by atoms with Gasteiger partial charge < -0.3 is 10.1 Å². The van der Waals surface area contributed by atoms with Crippen molar-refractivity contribution in [2.45, 2.75) is 44.3 Å². The Bertz CT molecular complexity index is 1380. The lowest BCUT2D eigenvalue weighted by Crippen LogP contribution is -2.38. The molecule has 0 saturated heterocycles. The summed E-state index contributed by atoms with van der Waals surface area (Å²) >= 11 is 0. The zero-order chi connectivity index (χ0) is 22.9. The number of H-pyrrole nitrogens is 1. The van der Waals surface area contributed by atoms with Crippen molar-refractivity contribution in [1.82, 2.24) is 24.9 Å². The molecule has 0 aliphatic heterocycles. The number of nitrogens with zero attached hydrogens (tertiary/aromatic N) is 3. The third kappa shape index (κ3) is 4.15. The Morgan fingerprint density at radius 1 is 1.15 bits per heavy atom. The number of hydrogen-bond donors (Lipinski definition) is 2. The lowest BCUT2D eigenvalue weighted by molar-refractivity contribution is -0.0498. The normalized spacial score (nSPS) is 18.6. The summed E-state index contributed by atoms with van der Waals surface area (Å²) in [5, 5.41) is 11.5. The first-order chi connectivity index (χ1) is 16.0. The smallest absolute Gasteiger partial charge is 0.387 e. The van der Waals surface area contributed by atoms with Crippen molar-refractivity contribution in [1.29, 1.82) is 0 Å². The van der Waals surface area contributed by atoms with Crippen LogP contribution in [0.2, 0.25) is 0 Å². The Labute approximate surface area is 186 Å². The van der Waals surface area contributed by atoms with Crippen LogP contribution in [0.5, 0.6) is 5.75 Å². The van der Waals surface area contributed by atoms with E-state index >= 15 is 0 Å². The fourth-order valence-electron chi connectivity index (χ4n) is 4.52. The Morgan fingerprint density at radius 3 is 2.67 bits per heavy atom. The van der Waals surface area contributed by atoms with E-state index in [1.807, 2.05) is 18.2 Å². The van der Waals surface area contributed by atoms with Crippen molar-refractivity contribution < 1.29 is 18.3 Å². The van der Waals surface area contributed by atoms with Crippen LogP contribution in [0.1, 0.15) is 47.8 Å². The third-order valence-electron chi connectivity index (χ3n) is 6.12. The van der Waals surface area contributed by atoms with Gasteiger partial charge in [0.25, 0.3) is 11.5 Å². The molecule has 1 aliphatic carbocycles. The second kappa shape index (κ2) is 8.61. The molecule has 0 spiro atoms. The fourth-order valence-corrected chi connectivity index (χ4v) is 4.52. The number of hydrogen-bond acceptors (Lipinski definition) is 5. The highest BCUT2D eigenvalue weighted by molar-refractivity contribution is 5.93. The molecule has 5 rings (SSSR count). The summed E-state index contributed by atoms with van der Waals surface area (Å²) in [6.45, 7) is -2.93.